The van der Waals surface area contributed by atoms with E-state index in [0.29, 0.717) is 23.2 Å². The van der Waals surface area contributed by atoms with Gasteiger partial charge in [0.15, 0.2) is 5.13 Å². The zero-order chi connectivity index (χ0) is 12.5. The quantitative estimate of drug-likeness (QED) is 0.779. The van der Waals surface area contributed by atoms with Gasteiger partial charge in [0.05, 0.1) is 29.5 Å². The predicted octanol–water partition coefficient (Wildman–Crippen LogP) is 3.68. The topological polar surface area (TPSA) is 25.4 Å². The minimum absolute atomic E-state index is 0.370. The van der Waals surface area contributed by atoms with Gasteiger partial charge in [0.2, 0.25) is 0 Å². The summed E-state index contributed by atoms with van der Waals surface area (Å²) in [5, 5.41) is 1.57. The minimum Gasteiger partial charge on any atom is -0.374 e. The van der Waals surface area contributed by atoms with Gasteiger partial charge in [-0.2, -0.15) is 0 Å². The summed E-state index contributed by atoms with van der Waals surface area (Å²) in [6.07, 6.45) is 5.29. The Morgan fingerprint density at radius 3 is 3.00 bits per heavy atom. The van der Waals surface area contributed by atoms with Crippen LogP contribution in [-0.2, 0) is 10.6 Å². The second-order valence-electron chi connectivity index (χ2n) is 4.80. The van der Waals surface area contributed by atoms with E-state index in [4.69, 9.17) is 27.9 Å². The normalized spacial score (nSPS) is 28.2. The van der Waals surface area contributed by atoms with Gasteiger partial charge in [0.25, 0.3) is 0 Å². The van der Waals surface area contributed by atoms with E-state index in [0.717, 1.165) is 23.2 Å². The van der Waals surface area contributed by atoms with Gasteiger partial charge in [0, 0.05) is 6.54 Å². The first kappa shape index (κ1) is 13.0. The van der Waals surface area contributed by atoms with Crippen molar-refractivity contribution in [3.05, 3.63) is 10.0 Å². The van der Waals surface area contributed by atoms with E-state index in [1.807, 2.05) is 0 Å². The van der Waals surface area contributed by atoms with Crippen LogP contribution in [0.1, 0.15) is 30.6 Å². The summed E-state index contributed by atoms with van der Waals surface area (Å²) in [6, 6.07) is 0.470. The van der Waals surface area contributed by atoms with Gasteiger partial charge >= 0.3 is 0 Å². The van der Waals surface area contributed by atoms with Crippen molar-refractivity contribution in [2.24, 2.45) is 0 Å². The molecule has 0 bridgehead atoms. The SMILES string of the molecule is ClCc1sc(N2CCOC3CCCCC32)nc1Cl. The summed E-state index contributed by atoms with van der Waals surface area (Å²) in [4.78, 5) is 7.81. The highest BCUT2D eigenvalue weighted by molar-refractivity contribution is 7.16. The molecule has 0 radical (unpaired) electrons. The molecule has 0 spiro atoms. The number of nitrogens with zero attached hydrogens (tertiary/aromatic N) is 2. The zero-order valence-electron chi connectivity index (χ0n) is 10.1. The van der Waals surface area contributed by atoms with Crippen molar-refractivity contribution >= 4 is 39.7 Å². The van der Waals surface area contributed by atoms with Crippen LogP contribution in [0.3, 0.4) is 0 Å². The molecule has 2 aliphatic rings. The minimum atomic E-state index is 0.370. The van der Waals surface area contributed by atoms with Gasteiger partial charge in [-0.25, -0.2) is 4.98 Å². The third-order valence-electron chi connectivity index (χ3n) is 3.74. The lowest BCUT2D eigenvalue weighted by Gasteiger charge is -2.43. The molecule has 2 unspecified atom stereocenters. The average Bonchev–Trinajstić information content (AvgIpc) is 2.79. The third-order valence-corrected chi connectivity index (χ3v) is 5.68. The Morgan fingerprint density at radius 2 is 2.22 bits per heavy atom. The number of halogens is 2. The zero-order valence-corrected chi connectivity index (χ0v) is 12.4. The van der Waals surface area contributed by atoms with E-state index in [9.17, 15) is 0 Å². The van der Waals surface area contributed by atoms with Crippen LogP contribution in [0.4, 0.5) is 5.13 Å². The van der Waals surface area contributed by atoms with Gasteiger partial charge < -0.3 is 9.64 Å². The fourth-order valence-corrected chi connectivity index (χ4v) is 4.42. The summed E-state index contributed by atoms with van der Waals surface area (Å²) >= 11 is 13.6. The highest BCUT2D eigenvalue weighted by atomic mass is 35.5. The van der Waals surface area contributed by atoms with Gasteiger partial charge in [-0.15, -0.1) is 11.6 Å². The monoisotopic (exact) mass is 306 g/mol. The number of anilines is 1. The van der Waals surface area contributed by atoms with E-state index in [-0.39, 0.29) is 0 Å². The molecule has 1 aliphatic heterocycles. The Labute approximate surface area is 121 Å². The highest BCUT2D eigenvalue weighted by Gasteiger charge is 2.35. The van der Waals surface area contributed by atoms with Crippen molar-refractivity contribution in [1.82, 2.24) is 4.98 Å². The molecular formula is C12H16Cl2N2OS. The maximum Gasteiger partial charge on any atom is 0.187 e. The standard InChI is InChI=1S/C12H16Cl2N2OS/c13-7-10-11(14)15-12(18-10)16-5-6-17-9-4-2-1-3-8(9)16/h8-9H,1-7H2. The molecule has 0 N–H and O–H groups in total. The first-order chi connectivity index (χ1) is 8.79. The van der Waals surface area contributed by atoms with Crippen molar-refractivity contribution in [3.8, 4) is 0 Å². The van der Waals surface area contributed by atoms with E-state index in [2.05, 4.69) is 9.88 Å². The van der Waals surface area contributed by atoms with E-state index in [1.54, 1.807) is 11.3 Å². The number of hydrogen-bond acceptors (Lipinski definition) is 4. The lowest BCUT2D eigenvalue weighted by Crippen LogP contribution is -2.52. The largest absolute Gasteiger partial charge is 0.374 e. The fraction of sp³-hybridized carbons (Fsp3) is 0.750. The maximum absolute atomic E-state index is 6.10. The molecule has 3 nitrogen and oxygen atoms in total. The summed E-state index contributed by atoms with van der Waals surface area (Å²) in [5.41, 5.74) is 0. The number of rotatable bonds is 2. The van der Waals surface area contributed by atoms with E-state index < -0.39 is 0 Å². The number of fused-ring (bicyclic) bond motifs is 1. The number of hydrogen-bond donors (Lipinski definition) is 0. The second-order valence-corrected chi connectivity index (χ2v) is 6.49. The molecular weight excluding hydrogens is 291 g/mol. The number of morpholine rings is 1. The van der Waals surface area contributed by atoms with Crippen LogP contribution in [0.25, 0.3) is 0 Å². The van der Waals surface area contributed by atoms with Crippen molar-refractivity contribution < 1.29 is 4.74 Å². The van der Waals surface area contributed by atoms with Gasteiger partial charge in [-0.05, 0) is 12.8 Å². The lowest BCUT2D eigenvalue weighted by molar-refractivity contribution is -0.00868. The summed E-state index contributed by atoms with van der Waals surface area (Å²) in [5.74, 6) is 0.439. The molecule has 1 saturated carbocycles. The number of ether oxygens (including phenoxy) is 1. The van der Waals surface area contributed by atoms with Crippen LogP contribution in [0.15, 0.2) is 0 Å². The Bertz CT molecular complexity index is 424. The predicted molar refractivity (Wildman–Crippen MR) is 76.0 cm³/mol. The first-order valence-corrected chi connectivity index (χ1v) is 8.12. The fourth-order valence-electron chi connectivity index (χ4n) is 2.86. The van der Waals surface area contributed by atoms with Crippen molar-refractivity contribution in [1.29, 1.82) is 0 Å². The van der Waals surface area contributed by atoms with Gasteiger partial charge in [0.1, 0.15) is 5.15 Å². The van der Waals surface area contributed by atoms with Crippen LogP contribution in [0.2, 0.25) is 5.15 Å². The van der Waals surface area contributed by atoms with Crippen LogP contribution >= 0.6 is 34.5 Å². The van der Waals surface area contributed by atoms with Crippen molar-refractivity contribution in [2.45, 2.75) is 43.7 Å². The van der Waals surface area contributed by atoms with Crippen molar-refractivity contribution in [3.63, 3.8) is 0 Å². The lowest BCUT2D eigenvalue weighted by atomic mass is 9.90. The first-order valence-electron chi connectivity index (χ1n) is 6.39. The van der Waals surface area contributed by atoms with E-state index in [1.165, 1.54) is 25.7 Å². The van der Waals surface area contributed by atoms with Gasteiger partial charge in [-0.3, -0.25) is 0 Å². The Kier molecular flexibility index (Phi) is 3.99. The molecule has 1 aromatic heterocycles. The molecule has 2 atom stereocenters. The third kappa shape index (κ3) is 2.36. The smallest absolute Gasteiger partial charge is 0.187 e. The molecule has 1 aromatic rings. The van der Waals surface area contributed by atoms with Crippen molar-refractivity contribution in [2.75, 3.05) is 18.1 Å². The molecule has 0 aromatic carbocycles. The summed E-state index contributed by atoms with van der Waals surface area (Å²) in [6.45, 7) is 1.70. The molecule has 1 saturated heterocycles. The number of alkyl halides is 1. The van der Waals surface area contributed by atoms with Gasteiger partial charge in [-0.1, -0.05) is 35.8 Å². The Balaban J connectivity index is 1.84. The maximum atomic E-state index is 6.10. The molecule has 2 heterocycles. The molecule has 0 amide bonds. The van der Waals surface area contributed by atoms with Crippen LogP contribution < -0.4 is 4.90 Å². The second kappa shape index (κ2) is 5.53. The molecule has 3 rings (SSSR count). The van der Waals surface area contributed by atoms with E-state index >= 15 is 0 Å². The van der Waals surface area contributed by atoms with Crippen LogP contribution in [-0.4, -0.2) is 30.3 Å². The molecule has 18 heavy (non-hydrogen) atoms. The van der Waals surface area contributed by atoms with Crippen LogP contribution in [0, 0.1) is 0 Å². The molecule has 2 fully saturated rings. The molecule has 6 heteroatoms. The Hall–Kier alpha value is -0.0300. The Morgan fingerprint density at radius 1 is 1.39 bits per heavy atom. The number of thiazole rings is 1. The van der Waals surface area contributed by atoms with Crippen LogP contribution in [0.5, 0.6) is 0 Å². The number of aromatic nitrogens is 1. The summed E-state index contributed by atoms with van der Waals surface area (Å²) < 4.78 is 5.87. The highest BCUT2D eigenvalue weighted by Crippen LogP contribution is 2.36. The molecule has 1 aliphatic carbocycles. The molecule has 100 valence electrons. The summed E-state index contributed by atoms with van der Waals surface area (Å²) in [7, 11) is 0. The average molecular weight is 307 g/mol.